The van der Waals surface area contributed by atoms with Gasteiger partial charge in [0.15, 0.2) is 0 Å². The minimum absolute atomic E-state index is 0.177. The van der Waals surface area contributed by atoms with Crippen LogP contribution in [0.25, 0.3) is 0 Å². The highest BCUT2D eigenvalue weighted by atomic mass is 35.5. The quantitative estimate of drug-likeness (QED) is 0.805. The van der Waals surface area contributed by atoms with Crippen LogP contribution in [0.2, 0.25) is 5.02 Å². The largest absolute Gasteiger partial charge is 0.273 e. The number of amides is 2. The maximum Gasteiger partial charge on any atom is 0.238 e. The number of carbonyl (C=O) groups is 2. The van der Waals surface area contributed by atoms with Gasteiger partial charge < -0.3 is 0 Å². The molecule has 1 aromatic rings. The number of hydrazine groups is 1. The summed E-state index contributed by atoms with van der Waals surface area (Å²) < 4.78 is 0. The molecule has 2 N–H and O–H groups in total. The molecule has 0 fully saturated rings. The molecular weight excluding hydrogens is 252 g/mol. The second-order valence-electron chi connectivity index (χ2n) is 3.94. The summed E-state index contributed by atoms with van der Waals surface area (Å²) in [6.45, 7) is 1.90. The topological polar surface area (TPSA) is 58.2 Å². The minimum Gasteiger partial charge on any atom is -0.273 e. The SMILES string of the molecule is CCCC(=O)NNC(=O)CCc1ccccc1Cl. The summed E-state index contributed by atoms with van der Waals surface area (Å²) in [6, 6.07) is 7.39. The summed E-state index contributed by atoms with van der Waals surface area (Å²) in [6.07, 6.45) is 2.00. The van der Waals surface area contributed by atoms with Gasteiger partial charge in [-0.25, -0.2) is 0 Å². The third kappa shape index (κ3) is 5.19. The molecule has 0 heterocycles. The molecule has 18 heavy (non-hydrogen) atoms. The van der Waals surface area contributed by atoms with E-state index >= 15 is 0 Å². The molecule has 0 radical (unpaired) electrons. The Morgan fingerprint density at radius 3 is 2.33 bits per heavy atom. The van der Waals surface area contributed by atoms with Gasteiger partial charge in [-0.1, -0.05) is 36.7 Å². The van der Waals surface area contributed by atoms with Gasteiger partial charge in [0, 0.05) is 17.9 Å². The van der Waals surface area contributed by atoms with Crippen LogP contribution in [0.4, 0.5) is 0 Å². The average Bonchev–Trinajstić information content (AvgIpc) is 2.36. The molecule has 1 aromatic carbocycles. The van der Waals surface area contributed by atoms with Gasteiger partial charge in [-0.15, -0.1) is 0 Å². The zero-order valence-electron chi connectivity index (χ0n) is 10.3. The van der Waals surface area contributed by atoms with Crippen molar-refractivity contribution in [1.29, 1.82) is 0 Å². The number of hydrogen-bond donors (Lipinski definition) is 2. The Labute approximate surface area is 112 Å². The van der Waals surface area contributed by atoms with Gasteiger partial charge in [0.05, 0.1) is 0 Å². The maximum absolute atomic E-state index is 11.5. The van der Waals surface area contributed by atoms with E-state index in [1.807, 2.05) is 25.1 Å². The molecule has 4 nitrogen and oxygen atoms in total. The fourth-order valence-corrected chi connectivity index (χ4v) is 1.67. The van der Waals surface area contributed by atoms with Crippen LogP contribution in [0.5, 0.6) is 0 Å². The molecule has 0 aliphatic heterocycles. The molecule has 0 bridgehead atoms. The molecular formula is C13H17ClN2O2. The highest BCUT2D eigenvalue weighted by molar-refractivity contribution is 6.31. The van der Waals surface area contributed by atoms with Crippen molar-refractivity contribution in [2.45, 2.75) is 32.6 Å². The molecule has 0 saturated carbocycles. The highest BCUT2D eigenvalue weighted by Crippen LogP contribution is 2.16. The van der Waals surface area contributed by atoms with Crippen molar-refractivity contribution in [2.75, 3.05) is 0 Å². The fourth-order valence-electron chi connectivity index (χ4n) is 1.44. The second-order valence-corrected chi connectivity index (χ2v) is 4.34. The number of benzene rings is 1. The van der Waals surface area contributed by atoms with E-state index in [4.69, 9.17) is 11.6 Å². The molecule has 0 aliphatic rings. The third-order valence-corrected chi connectivity index (χ3v) is 2.77. The van der Waals surface area contributed by atoms with Gasteiger partial charge in [0.2, 0.25) is 11.8 Å². The molecule has 0 aromatic heterocycles. The summed E-state index contributed by atoms with van der Waals surface area (Å²) in [5, 5.41) is 0.653. The molecule has 0 spiro atoms. The van der Waals surface area contributed by atoms with Crippen molar-refractivity contribution in [1.82, 2.24) is 10.9 Å². The maximum atomic E-state index is 11.5. The monoisotopic (exact) mass is 268 g/mol. The lowest BCUT2D eigenvalue weighted by atomic mass is 10.1. The lowest BCUT2D eigenvalue weighted by Crippen LogP contribution is -2.41. The first-order chi connectivity index (χ1) is 8.63. The molecule has 0 atom stereocenters. The molecule has 2 amide bonds. The normalized spacial score (nSPS) is 9.89. The number of nitrogens with one attached hydrogen (secondary N) is 2. The minimum atomic E-state index is -0.223. The van der Waals surface area contributed by atoms with E-state index in [-0.39, 0.29) is 18.2 Å². The van der Waals surface area contributed by atoms with Crippen molar-refractivity contribution in [2.24, 2.45) is 0 Å². The molecule has 1 rings (SSSR count). The lowest BCUT2D eigenvalue weighted by Gasteiger charge is -2.07. The van der Waals surface area contributed by atoms with Crippen LogP contribution >= 0.6 is 11.6 Å². The van der Waals surface area contributed by atoms with E-state index in [0.29, 0.717) is 17.9 Å². The van der Waals surface area contributed by atoms with Crippen LogP contribution < -0.4 is 10.9 Å². The Bertz CT molecular complexity index is 421. The first-order valence-corrected chi connectivity index (χ1v) is 6.32. The van der Waals surface area contributed by atoms with Crippen LogP contribution in [0.15, 0.2) is 24.3 Å². The van der Waals surface area contributed by atoms with Gasteiger partial charge >= 0.3 is 0 Å². The third-order valence-electron chi connectivity index (χ3n) is 2.40. The Balaban J connectivity index is 2.29. The predicted molar refractivity (Wildman–Crippen MR) is 71.0 cm³/mol. The number of rotatable bonds is 5. The number of halogens is 1. The lowest BCUT2D eigenvalue weighted by molar-refractivity contribution is -0.128. The second kappa shape index (κ2) is 7.71. The van der Waals surface area contributed by atoms with Crippen molar-refractivity contribution in [3.05, 3.63) is 34.9 Å². The van der Waals surface area contributed by atoms with Crippen molar-refractivity contribution >= 4 is 23.4 Å². The van der Waals surface area contributed by atoms with Crippen molar-refractivity contribution in [3.63, 3.8) is 0 Å². The number of hydrogen-bond acceptors (Lipinski definition) is 2. The van der Waals surface area contributed by atoms with Gasteiger partial charge in [-0.05, 0) is 24.5 Å². The molecule has 0 aliphatic carbocycles. The van der Waals surface area contributed by atoms with Crippen LogP contribution in [0.3, 0.4) is 0 Å². The van der Waals surface area contributed by atoms with E-state index in [2.05, 4.69) is 10.9 Å². The summed E-state index contributed by atoms with van der Waals surface area (Å²) >= 11 is 5.98. The summed E-state index contributed by atoms with van der Waals surface area (Å²) in [7, 11) is 0. The zero-order valence-corrected chi connectivity index (χ0v) is 11.1. The van der Waals surface area contributed by atoms with Crippen molar-refractivity contribution in [3.8, 4) is 0 Å². The first-order valence-electron chi connectivity index (χ1n) is 5.94. The van der Waals surface area contributed by atoms with E-state index in [1.165, 1.54) is 0 Å². The molecule has 0 unspecified atom stereocenters. The molecule has 0 saturated heterocycles. The van der Waals surface area contributed by atoms with Crippen LogP contribution in [-0.2, 0) is 16.0 Å². The van der Waals surface area contributed by atoms with Crippen LogP contribution in [-0.4, -0.2) is 11.8 Å². The van der Waals surface area contributed by atoms with Gasteiger partial charge in [0.1, 0.15) is 0 Å². The molecule has 98 valence electrons. The predicted octanol–water partition coefficient (Wildman–Crippen LogP) is 2.22. The van der Waals surface area contributed by atoms with Crippen LogP contribution in [0.1, 0.15) is 31.7 Å². The van der Waals surface area contributed by atoms with Gasteiger partial charge in [-0.3, -0.25) is 20.4 Å². The Kier molecular flexibility index (Phi) is 6.22. The number of aryl methyl sites for hydroxylation is 1. The fraction of sp³-hybridized carbons (Fsp3) is 0.385. The summed E-state index contributed by atoms with van der Waals surface area (Å²) in [5.41, 5.74) is 5.66. The number of carbonyl (C=O) groups excluding carboxylic acids is 2. The highest BCUT2D eigenvalue weighted by Gasteiger charge is 2.05. The van der Waals surface area contributed by atoms with Crippen LogP contribution in [0, 0.1) is 0 Å². The van der Waals surface area contributed by atoms with E-state index < -0.39 is 0 Å². The van der Waals surface area contributed by atoms with E-state index in [9.17, 15) is 9.59 Å². The summed E-state index contributed by atoms with van der Waals surface area (Å²) in [5.74, 6) is -0.400. The van der Waals surface area contributed by atoms with Crippen molar-refractivity contribution < 1.29 is 9.59 Å². The Hall–Kier alpha value is -1.55. The molecule has 5 heteroatoms. The Morgan fingerprint density at radius 2 is 1.72 bits per heavy atom. The standard InChI is InChI=1S/C13H17ClN2O2/c1-2-5-12(17)15-16-13(18)9-8-10-6-3-4-7-11(10)14/h3-4,6-7H,2,5,8-9H2,1H3,(H,15,17)(H,16,18). The van der Waals surface area contributed by atoms with Gasteiger partial charge in [-0.2, -0.15) is 0 Å². The first kappa shape index (κ1) is 14.5. The Morgan fingerprint density at radius 1 is 1.11 bits per heavy atom. The van der Waals surface area contributed by atoms with E-state index in [1.54, 1.807) is 6.07 Å². The van der Waals surface area contributed by atoms with Gasteiger partial charge in [0.25, 0.3) is 0 Å². The smallest absolute Gasteiger partial charge is 0.238 e. The van der Waals surface area contributed by atoms with E-state index in [0.717, 1.165) is 12.0 Å². The summed E-state index contributed by atoms with van der Waals surface area (Å²) in [4.78, 5) is 22.6. The zero-order chi connectivity index (χ0) is 13.4. The average molecular weight is 269 g/mol.